The Morgan fingerprint density at radius 1 is 1.40 bits per heavy atom. The standard InChI is InChI=1S/C10H11IO4/c11-8-3-1-7(2-4-8)5-15-6-9(12)10(13)14/h1-4,9,12H,5-6H2,(H,13,14)/t9-/m0/s1. The van der Waals surface area contributed by atoms with Gasteiger partial charge in [-0.25, -0.2) is 4.79 Å². The Hall–Kier alpha value is -0.660. The highest BCUT2D eigenvalue weighted by Gasteiger charge is 2.12. The smallest absolute Gasteiger partial charge is 0.334 e. The lowest BCUT2D eigenvalue weighted by atomic mass is 10.2. The Morgan fingerprint density at radius 3 is 2.53 bits per heavy atom. The number of aliphatic carboxylic acids is 1. The first-order chi connectivity index (χ1) is 7.09. The Bertz CT molecular complexity index is 323. The van der Waals surface area contributed by atoms with Crippen LogP contribution in [0.4, 0.5) is 0 Å². The summed E-state index contributed by atoms with van der Waals surface area (Å²) in [6, 6.07) is 7.67. The summed E-state index contributed by atoms with van der Waals surface area (Å²) >= 11 is 2.19. The second-order valence-electron chi connectivity index (χ2n) is 3.00. The van der Waals surface area contributed by atoms with Crippen LogP contribution in [0.2, 0.25) is 0 Å². The molecular weight excluding hydrogens is 311 g/mol. The molecule has 0 saturated heterocycles. The van der Waals surface area contributed by atoms with Crippen LogP contribution in [-0.4, -0.2) is 28.9 Å². The van der Waals surface area contributed by atoms with Crippen LogP contribution in [-0.2, 0) is 16.1 Å². The SMILES string of the molecule is O=C(O)[C@@H](O)COCc1ccc(I)cc1. The molecule has 1 aromatic carbocycles. The van der Waals surface area contributed by atoms with Crippen LogP contribution in [0.25, 0.3) is 0 Å². The zero-order valence-corrected chi connectivity index (χ0v) is 10.0. The monoisotopic (exact) mass is 322 g/mol. The van der Waals surface area contributed by atoms with Crippen LogP contribution >= 0.6 is 22.6 Å². The number of rotatable bonds is 5. The second kappa shape index (κ2) is 6.04. The lowest BCUT2D eigenvalue weighted by molar-refractivity contribution is -0.150. The van der Waals surface area contributed by atoms with Gasteiger partial charge in [0.15, 0.2) is 6.10 Å². The van der Waals surface area contributed by atoms with Crippen LogP contribution in [0.1, 0.15) is 5.56 Å². The van der Waals surface area contributed by atoms with E-state index in [1.165, 1.54) is 0 Å². The number of carboxylic acid groups (broad SMARTS) is 1. The molecule has 0 aliphatic heterocycles. The molecule has 0 amide bonds. The summed E-state index contributed by atoms with van der Waals surface area (Å²) in [5.74, 6) is -1.27. The Kier molecular flexibility index (Phi) is 5.00. The quantitative estimate of drug-likeness (QED) is 0.801. The highest BCUT2D eigenvalue weighted by Crippen LogP contribution is 2.07. The number of hydrogen-bond donors (Lipinski definition) is 2. The minimum Gasteiger partial charge on any atom is -0.479 e. The van der Waals surface area contributed by atoms with Gasteiger partial charge in [0.2, 0.25) is 0 Å². The maximum absolute atomic E-state index is 10.3. The van der Waals surface area contributed by atoms with Gasteiger partial charge >= 0.3 is 5.97 Å². The third kappa shape index (κ3) is 4.59. The van der Waals surface area contributed by atoms with Gasteiger partial charge in [-0.15, -0.1) is 0 Å². The third-order valence-electron chi connectivity index (χ3n) is 1.74. The van der Waals surface area contributed by atoms with Crippen LogP contribution in [0.3, 0.4) is 0 Å². The zero-order valence-electron chi connectivity index (χ0n) is 7.89. The summed E-state index contributed by atoms with van der Waals surface area (Å²) in [6.45, 7) is 0.114. The van der Waals surface area contributed by atoms with Crippen LogP contribution < -0.4 is 0 Å². The van der Waals surface area contributed by atoms with Gasteiger partial charge in [-0.2, -0.15) is 0 Å². The van der Waals surface area contributed by atoms with E-state index in [1.807, 2.05) is 24.3 Å². The van der Waals surface area contributed by atoms with Crippen LogP contribution in [0.5, 0.6) is 0 Å². The molecule has 4 nitrogen and oxygen atoms in total. The Labute approximate surface area is 101 Å². The van der Waals surface area contributed by atoms with Gasteiger partial charge in [-0.1, -0.05) is 12.1 Å². The van der Waals surface area contributed by atoms with Gasteiger partial charge in [-0.05, 0) is 40.3 Å². The summed E-state index contributed by atoms with van der Waals surface area (Å²) in [7, 11) is 0. The normalized spacial score (nSPS) is 12.4. The molecule has 5 heteroatoms. The van der Waals surface area contributed by atoms with Crippen molar-refractivity contribution in [1.82, 2.24) is 0 Å². The number of carboxylic acids is 1. The van der Waals surface area contributed by atoms with Crippen molar-refractivity contribution < 1.29 is 19.7 Å². The molecule has 1 rings (SSSR count). The molecule has 1 atom stereocenters. The average molecular weight is 322 g/mol. The van der Waals surface area contributed by atoms with Gasteiger partial charge in [0.25, 0.3) is 0 Å². The molecule has 0 aliphatic carbocycles. The lowest BCUT2D eigenvalue weighted by Gasteiger charge is -2.06. The van der Waals surface area contributed by atoms with Crippen LogP contribution in [0.15, 0.2) is 24.3 Å². The first-order valence-electron chi connectivity index (χ1n) is 4.32. The first kappa shape index (κ1) is 12.4. The maximum atomic E-state index is 10.3. The van der Waals surface area contributed by atoms with E-state index >= 15 is 0 Å². The molecule has 0 heterocycles. The van der Waals surface area contributed by atoms with E-state index in [9.17, 15) is 4.79 Å². The highest BCUT2D eigenvalue weighted by molar-refractivity contribution is 14.1. The third-order valence-corrected chi connectivity index (χ3v) is 2.46. The van der Waals surface area contributed by atoms with Crippen molar-refractivity contribution in [2.75, 3.05) is 6.61 Å². The molecule has 15 heavy (non-hydrogen) atoms. The van der Waals surface area contributed by atoms with E-state index in [0.29, 0.717) is 6.61 Å². The molecule has 0 bridgehead atoms. The number of halogens is 1. The van der Waals surface area contributed by atoms with Crippen molar-refractivity contribution in [3.05, 3.63) is 33.4 Å². The topological polar surface area (TPSA) is 66.8 Å². The van der Waals surface area contributed by atoms with Gasteiger partial charge in [0.1, 0.15) is 0 Å². The van der Waals surface area contributed by atoms with E-state index in [0.717, 1.165) is 9.13 Å². The van der Waals surface area contributed by atoms with Crippen molar-refractivity contribution in [2.24, 2.45) is 0 Å². The van der Waals surface area contributed by atoms with E-state index in [-0.39, 0.29) is 6.61 Å². The fraction of sp³-hybridized carbons (Fsp3) is 0.300. The number of aliphatic hydroxyl groups is 1. The summed E-state index contributed by atoms with van der Waals surface area (Å²) in [4.78, 5) is 10.3. The number of carbonyl (C=O) groups is 1. The maximum Gasteiger partial charge on any atom is 0.334 e. The van der Waals surface area contributed by atoms with Crippen molar-refractivity contribution in [1.29, 1.82) is 0 Å². The molecule has 0 aliphatic rings. The molecule has 82 valence electrons. The van der Waals surface area contributed by atoms with Gasteiger partial charge < -0.3 is 14.9 Å². The molecular formula is C10H11IO4. The van der Waals surface area contributed by atoms with Gasteiger partial charge in [-0.3, -0.25) is 0 Å². The molecule has 0 aromatic heterocycles. The summed E-state index contributed by atoms with van der Waals surface area (Å²) in [6.07, 6.45) is -1.45. The summed E-state index contributed by atoms with van der Waals surface area (Å²) in [5, 5.41) is 17.3. The van der Waals surface area contributed by atoms with Crippen molar-refractivity contribution in [3.63, 3.8) is 0 Å². The molecule has 0 radical (unpaired) electrons. The van der Waals surface area contributed by atoms with E-state index in [4.69, 9.17) is 14.9 Å². The van der Waals surface area contributed by atoms with Gasteiger partial charge in [0, 0.05) is 3.57 Å². The minimum absolute atomic E-state index is 0.193. The predicted octanol–water partition coefficient (Wildman–Crippen LogP) is 1.25. The molecule has 0 unspecified atom stereocenters. The fourth-order valence-corrected chi connectivity index (χ4v) is 1.30. The summed E-state index contributed by atoms with van der Waals surface area (Å²) < 4.78 is 6.18. The molecule has 0 saturated carbocycles. The Balaban J connectivity index is 2.32. The van der Waals surface area contributed by atoms with E-state index in [1.54, 1.807) is 0 Å². The van der Waals surface area contributed by atoms with E-state index in [2.05, 4.69) is 22.6 Å². The zero-order chi connectivity index (χ0) is 11.3. The largest absolute Gasteiger partial charge is 0.479 e. The Morgan fingerprint density at radius 2 is 2.00 bits per heavy atom. The van der Waals surface area contributed by atoms with Crippen molar-refractivity contribution >= 4 is 28.6 Å². The average Bonchev–Trinajstić information content (AvgIpc) is 2.20. The minimum atomic E-state index is -1.45. The number of benzene rings is 1. The number of aliphatic hydroxyl groups excluding tert-OH is 1. The van der Waals surface area contributed by atoms with Gasteiger partial charge in [0.05, 0.1) is 13.2 Å². The summed E-state index contributed by atoms with van der Waals surface area (Å²) in [5.41, 5.74) is 0.952. The van der Waals surface area contributed by atoms with Crippen molar-refractivity contribution in [3.8, 4) is 0 Å². The van der Waals surface area contributed by atoms with Crippen molar-refractivity contribution in [2.45, 2.75) is 12.7 Å². The number of hydrogen-bond acceptors (Lipinski definition) is 3. The fourth-order valence-electron chi connectivity index (χ4n) is 0.940. The molecule has 1 aromatic rings. The van der Waals surface area contributed by atoms with E-state index < -0.39 is 12.1 Å². The highest BCUT2D eigenvalue weighted by atomic mass is 127. The predicted molar refractivity (Wildman–Crippen MR) is 62.5 cm³/mol. The lowest BCUT2D eigenvalue weighted by Crippen LogP contribution is -2.25. The molecule has 0 fully saturated rings. The second-order valence-corrected chi connectivity index (χ2v) is 4.24. The number of ether oxygens (including phenoxy) is 1. The molecule has 0 spiro atoms. The first-order valence-corrected chi connectivity index (χ1v) is 5.40. The van der Waals surface area contributed by atoms with Crippen LogP contribution in [0, 0.1) is 3.57 Å². The molecule has 2 N–H and O–H groups in total.